The number of primary amides is 1. The van der Waals surface area contributed by atoms with Gasteiger partial charge in [0.2, 0.25) is 5.91 Å². The molecule has 0 aliphatic heterocycles. The van der Waals surface area contributed by atoms with E-state index < -0.39 is 12.1 Å². The summed E-state index contributed by atoms with van der Waals surface area (Å²) in [5, 5.41) is 5.29. The second-order valence-corrected chi connectivity index (χ2v) is 6.40. The first-order chi connectivity index (χ1) is 11.5. The molecule has 1 aromatic carbocycles. The van der Waals surface area contributed by atoms with Gasteiger partial charge in [-0.25, -0.2) is 4.79 Å². The Morgan fingerprint density at radius 2 is 2.00 bits per heavy atom. The highest BCUT2D eigenvalue weighted by atomic mass is 32.2. The first-order valence-electron chi connectivity index (χ1n) is 8.03. The van der Waals surface area contributed by atoms with Crippen molar-refractivity contribution in [3.8, 4) is 0 Å². The molecule has 2 unspecified atom stereocenters. The van der Waals surface area contributed by atoms with Gasteiger partial charge in [-0.1, -0.05) is 30.3 Å². The van der Waals surface area contributed by atoms with Crippen LogP contribution in [-0.4, -0.2) is 43.1 Å². The Kier molecular flexibility index (Phi) is 9.95. The zero-order valence-electron chi connectivity index (χ0n) is 14.3. The van der Waals surface area contributed by atoms with Crippen LogP contribution in [0.1, 0.15) is 31.4 Å². The molecule has 3 amide bonds. The van der Waals surface area contributed by atoms with Crippen LogP contribution in [0.4, 0.5) is 4.79 Å². The minimum Gasteiger partial charge on any atom is -0.374 e. The van der Waals surface area contributed by atoms with Crippen LogP contribution in [0, 0.1) is 0 Å². The molecule has 0 heterocycles. The fourth-order valence-corrected chi connectivity index (χ4v) is 2.63. The van der Waals surface area contributed by atoms with Crippen LogP contribution in [-0.2, 0) is 9.53 Å². The molecule has 7 heteroatoms. The van der Waals surface area contributed by atoms with E-state index in [1.54, 1.807) is 11.8 Å². The average molecular weight is 353 g/mol. The second kappa shape index (κ2) is 11.8. The van der Waals surface area contributed by atoms with Gasteiger partial charge >= 0.3 is 6.03 Å². The number of rotatable bonds is 11. The Morgan fingerprint density at radius 3 is 2.62 bits per heavy atom. The SMILES string of the molecule is CSCCC(NC(N)=O)C(=O)NCCCOC(C)c1ccccc1. The van der Waals surface area contributed by atoms with Gasteiger partial charge in [-0.3, -0.25) is 4.79 Å². The number of nitrogens with one attached hydrogen (secondary N) is 2. The highest BCUT2D eigenvalue weighted by Crippen LogP contribution is 2.15. The van der Waals surface area contributed by atoms with Gasteiger partial charge in [0, 0.05) is 13.2 Å². The van der Waals surface area contributed by atoms with Gasteiger partial charge < -0.3 is 21.1 Å². The Hall–Kier alpha value is -1.73. The quantitative estimate of drug-likeness (QED) is 0.531. The number of thioether (sulfide) groups is 1. The summed E-state index contributed by atoms with van der Waals surface area (Å²) in [6, 6.07) is 8.72. The molecule has 2 atom stereocenters. The van der Waals surface area contributed by atoms with E-state index in [4.69, 9.17) is 10.5 Å². The lowest BCUT2D eigenvalue weighted by Crippen LogP contribution is -2.49. The van der Waals surface area contributed by atoms with Crippen molar-refractivity contribution in [2.24, 2.45) is 5.73 Å². The molecule has 0 fully saturated rings. The van der Waals surface area contributed by atoms with Gasteiger partial charge in [-0.15, -0.1) is 0 Å². The average Bonchev–Trinajstić information content (AvgIpc) is 2.58. The Labute approximate surface area is 147 Å². The van der Waals surface area contributed by atoms with Crippen LogP contribution in [0.15, 0.2) is 30.3 Å². The van der Waals surface area contributed by atoms with Crippen molar-refractivity contribution in [3.05, 3.63) is 35.9 Å². The molecule has 0 aromatic heterocycles. The normalized spacial score (nSPS) is 13.1. The molecule has 0 spiro atoms. The van der Waals surface area contributed by atoms with E-state index in [9.17, 15) is 9.59 Å². The Morgan fingerprint density at radius 1 is 1.29 bits per heavy atom. The van der Waals surface area contributed by atoms with Crippen molar-refractivity contribution in [2.75, 3.05) is 25.2 Å². The fraction of sp³-hybridized carbons (Fsp3) is 0.529. The molecule has 0 aliphatic rings. The van der Waals surface area contributed by atoms with E-state index in [0.717, 1.165) is 11.3 Å². The maximum Gasteiger partial charge on any atom is 0.312 e. The van der Waals surface area contributed by atoms with Gasteiger partial charge in [0.15, 0.2) is 0 Å². The summed E-state index contributed by atoms with van der Waals surface area (Å²) in [6.07, 6.45) is 3.23. The van der Waals surface area contributed by atoms with Gasteiger partial charge in [0.05, 0.1) is 6.10 Å². The van der Waals surface area contributed by atoms with E-state index in [2.05, 4.69) is 10.6 Å². The van der Waals surface area contributed by atoms with Gasteiger partial charge in [-0.05, 0) is 37.3 Å². The summed E-state index contributed by atoms with van der Waals surface area (Å²) in [5.41, 5.74) is 6.24. The summed E-state index contributed by atoms with van der Waals surface area (Å²) in [6.45, 7) is 3.05. The van der Waals surface area contributed by atoms with Gasteiger partial charge in [0.25, 0.3) is 0 Å². The molecule has 4 N–H and O–H groups in total. The van der Waals surface area contributed by atoms with Crippen LogP contribution in [0.5, 0.6) is 0 Å². The molecule has 0 aliphatic carbocycles. The second-order valence-electron chi connectivity index (χ2n) is 5.41. The minimum absolute atomic E-state index is 0.0211. The minimum atomic E-state index is -0.684. The maximum absolute atomic E-state index is 12.1. The van der Waals surface area contributed by atoms with E-state index in [-0.39, 0.29) is 12.0 Å². The van der Waals surface area contributed by atoms with E-state index in [1.807, 2.05) is 43.5 Å². The number of ether oxygens (including phenoxy) is 1. The summed E-state index contributed by atoms with van der Waals surface area (Å²) in [7, 11) is 0. The van der Waals surface area contributed by atoms with Crippen molar-refractivity contribution < 1.29 is 14.3 Å². The molecule has 0 saturated heterocycles. The smallest absolute Gasteiger partial charge is 0.312 e. The third-order valence-corrected chi connectivity index (χ3v) is 4.14. The van der Waals surface area contributed by atoms with E-state index >= 15 is 0 Å². The predicted octanol–water partition coefficient (Wildman–Crippen LogP) is 2.06. The maximum atomic E-state index is 12.1. The van der Waals surface area contributed by atoms with E-state index in [1.165, 1.54) is 0 Å². The largest absolute Gasteiger partial charge is 0.374 e. The number of nitrogens with two attached hydrogens (primary N) is 1. The van der Waals surface area contributed by atoms with Crippen LogP contribution < -0.4 is 16.4 Å². The van der Waals surface area contributed by atoms with Gasteiger partial charge in [0.1, 0.15) is 6.04 Å². The number of carbonyl (C=O) groups excluding carboxylic acids is 2. The van der Waals surface area contributed by atoms with Crippen LogP contribution in [0.25, 0.3) is 0 Å². The highest BCUT2D eigenvalue weighted by molar-refractivity contribution is 7.98. The lowest BCUT2D eigenvalue weighted by Gasteiger charge is -2.17. The van der Waals surface area contributed by atoms with Crippen LogP contribution in [0.3, 0.4) is 0 Å². The first-order valence-corrected chi connectivity index (χ1v) is 9.43. The lowest BCUT2D eigenvalue weighted by atomic mass is 10.1. The molecule has 1 aromatic rings. The molecular formula is C17H27N3O3S. The number of benzene rings is 1. The van der Waals surface area contributed by atoms with Crippen molar-refractivity contribution >= 4 is 23.7 Å². The molecule has 1 rings (SSSR count). The molecule has 0 radical (unpaired) electrons. The van der Waals surface area contributed by atoms with Crippen LogP contribution in [0.2, 0.25) is 0 Å². The molecule has 24 heavy (non-hydrogen) atoms. The highest BCUT2D eigenvalue weighted by Gasteiger charge is 2.18. The Balaban J connectivity index is 2.24. The third kappa shape index (κ3) is 8.21. The van der Waals surface area contributed by atoms with Gasteiger partial charge in [-0.2, -0.15) is 11.8 Å². The standard InChI is InChI=1S/C17H27N3O3S/c1-13(14-7-4-3-5-8-14)23-11-6-10-19-16(21)15(9-12-24-2)20-17(18)22/h3-5,7-8,13,15H,6,9-12H2,1-2H3,(H,19,21)(H3,18,20,22). The zero-order valence-corrected chi connectivity index (χ0v) is 15.1. The van der Waals surface area contributed by atoms with Crippen molar-refractivity contribution in [3.63, 3.8) is 0 Å². The summed E-state index contributed by atoms with van der Waals surface area (Å²) >= 11 is 1.62. The summed E-state index contributed by atoms with van der Waals surface area (Å²) in [5.74, 6) is 0.565. The number of hydrogen-bond donors (Lipinski definition) is 3. The molecular weight excluding hydrogens is 326 g/mol. The van der Waals surface area contributed by atoms with Crippen LogP contribution >= 0.6 is 11.8 Å². The lowest BCUT2D eigenvalue weighted by molar-refractivity contribution is -0.123. The predicted molar refractivity (Wildman–Crippen MR) is 97.9 cm³/mol. The number of carbonyl (C=O) groups is 2. The molecule has 0 bridgehead atoms. The fourth-order valence-electron chi connectivity index (χ4n) is 2.16. The van der Waals surface area contributed by atoms with E-state index in [0.29, 0.717) is 26.0 Å². The third-order valence-electron chi connectivity index (χ3n) is 3.50. The number of amides is 3. The van der Waals surface area contributed by atoms with Crippen molar-refractivity contribution in [1.29, 1.82) is 0 Å². The molecule has 0 saturated carbocycles. The zero-order chi connectivity index (χ0) is 17.8. The van der Waals surface area contributed by atoms with Crippen molar-refractivity contribution in [2.45, 2.75) is 31.9 Å². The summed E-state index contributed by atoms with van der Waals surface area (Å²) < 4.78 is 5.76. The topological polar surface area (TPSA) is 93.5 Å². The monoisotopic (exact) mass is 353 g/mol. The Bertz CT molecular complexity index is 499. The summed E-state index contributed by atoms with van der Waals surface area (Å²) in [4.78, 5) is 23.0. The first kappa shape index (κ1) is 20.3. The number of hydrogen-bond acceptors (Lipinski definition) is 4. The van der Waals surface area contributed by atoms with Crippen molar-refractivity contribution in [1.82, 2.24) is 10.6 Å². The molecule has 6 nitrogen and oxygen atoms in total. The molecule has 134 valence electrons. The number of urea groups is 1.